The molecule has 1 aromatic rings. The molecule has 0 bridgehead atoms. The summed E-state index contributed by atoms with van der Waals surface area (Å²) in [6, 6.07) is 10.6. The van der Waals surface area contributed by atoms with Gasteiger partial charge in [-0.15, -0.1) is 0 Å². The predicted molar refractivity (Wildman–Crippen MR) is 81.8 cm³/mol. The van der Waals surface area contributed by atoms with Crippen LogP contribution in [-0.2, 0) is 6.42 Å². The van der Waals surface area contributed by atoms with Crippen LogP contribution in [0.2, 0.25) is 0 Å². The smallest absolute Gasteiger partial charge is 0.00975 e. The lowest BCUT2D eigenvalue weighted by Crippen LogP contribution is -1.78. The van der Waals surface area contributed by atoms with Crippen LogP contribution in [0.1, 0.15) is 51.0 Å². The van der Waals surface area contributed by atoms with Crippen molar-refractivity contribution in [3.8, 4) is 0 Å². The molecule has 0 saturated carbocycles. The summed E-state index contributed by atoms with van der Waals surface area (Å²) < 4.78 is 0. The minimum Gasteiger partial charge on any atom is -0.0885 e. The van der Waals surface area contributed by atoms with Gasteiger partial charge in [-0.2, -0.15) is 0 Å². The van der Waals surface area contributed by atoms with Gasteiger partial charge in [0.2, 0.25) is 0 Å². The van der Waals surface area contributed by atoms with Crippen molar-refractivity contribution in [3.63, 3.8) is 0 Å². The van der Waals surface area contributed by atoms with Crippen molar-refractivity contribution < 1.29 is 0 Å². The van der Waals surface area contributed by atoms with Crippen molar-refractivity contribution in [2.24, 2.45) is 0 Å². The van der Waals surface area contributed by atoms with Gasteiger partial charge in [-0.25, -0.2) is 0 Å². The fourth-order valence-electron chi connectivity index (χ4n) is 1.89. The molecule has 0 aliphatic heterocycles. The summed E-state index contributed by atoms with van der Waals surface area (Å²) in [5, 5.41) is 0. The predicted octanol–water partition coefficient (Wildman–Crippen LogP) is 5.70. The topological polar surface area (TPSA) is 0 Å². The van der Waals surface area contributed by atoms with Crippen LogP contribution in [0.25, 0.3) is 0 Å². The van der Waals surface area contributed by atoms with Gasteiger partial charge in [0.25, 0.3) is 0 Å². The maximum atomic E-state index is 2.33. The molecule has 0 saturated heterocycles. The fraction of sp³-hybridized carbons (Fsp3) is 0.444. The molecule has 0 atom stereocenters. The van der Waals surface area contributed by atoms with Crippen LogP contribution in [-0.4, -0.2) is 0 Å². The third-order valence-electron chi connectivity index (χ3n) is 3.00. The molecule has 1 aromatic carbocycles. The van der Waals surface area contributed by atoms with Gasteiger partial charge in [-0.1, -0.05) is 74.4 Å². The molecule has 0 aliphatic carbocycles. The lowest BCUT2D eigenvalue weighted by atomic mass is 10.1. The van der Waals surface area contributed by atoms with Crippen molar-refractivity contribution in [3.05, 3.63) is 60.2 Å². The van der Waals surface area contributed by atoms with Gasteiger partial charge in [0.15, 0.2) is 0 Å². The number of benzene rings is 1. The van der Waals surface area contributed by atoms with Crippen LogP contribution < -0.4 is 0 Å². The maximum Gasteiger partial charge on any atom is -0.00975 e. The summed E-state index contributed by atoms with van der Waals surface area (Å²) in [5.41, 5.74) is 1.39. The largest absolute Gasteiger partial charge is 0.0885 e. The van der Waals surface area contributed by atoms with E-state index < -0.39 is 0 Å². The molecular weight excluding hydrogens is 216 g/mol. The van der Waals surface area contributed by atoms with Gasteiger partial charge < -0.3 is 0 Å². The van der Waals surface area contributed by atoms with Gasteiger partial charge in [0.05, 0.1) is 0 Å². The third kappa shape index (κ3) is 7.89. The molecule has 0 fully saturated rings. The first-order chi connectivity index (χ1) is 8.93. The third-order valence-corrected chi connectivity index (χ3v) is 3.00. The van der Waals surface area contributed by atoms with Crippen LogP contribution in [0, 0.1) is 0 Å². The van der Waals surface area contributed by atoms with Crippen molar-refractivity contribution in [1.82, 2.24) is 0 Å². The van der Waals surface area contributed by atoms with Gasteiger partial charge in [-0.05, 0) is 37.7 Å². The average Bonchev–Trinajstić information content (AvgIpc) is 2.42. The second-order valence-electron chi connectivity index (χ2n) is 4.71. The van der Waals surface area contributed by atoms with E-state index >= 15 is 0 Å². The summed E-state index contributed by atoms with van der Waals surface area (Å²) in [7, 11) is 0. The van der Waals surface area contributed by atoms with E-state index in [-0.39, 0.29) is 0 Å². The molecule has 0 N–H and O–H groups in total. The lowest BCUT2D eigenvalue weighted by molar-refractivity contribution is 0.728. The summed E-state index contributed by atoms with van der Waals surface area (Å²) in [4.78, 5) is 0. The Balaban J connectivity index is 2.00. The highest BCUT2D eigenvalue weighted by atomic mass is 13.9. The van der Waals surface area contributed by atoms with Gasteiger partial charge in [0.1, 0.15) is 0 Å². The Bertz CT molecular complexity index is 332. The number of hydrogen-bond donors (Lipinski definition) is 0. The minimum absolute atomic E-state index is 1.06. The number of allylic oxidation sites excluding steroid dienone is 4. The van der Waals surface area contributed by atoms with E-state index in [2.05, 4.69) is 61.6 Å². The van der Waals surface area contributed by atoms with Crippen LogP contribution in [0.15, 0.2) is 54.6 Å². The Morgan fingerprint density at radius 3 is 2.17 bits per heavy atom. The number of hydrogen-bond acceptors (Lipinski definition) is 0. The molecule has 0 heteroatoms. The van der Waals surface area contributed by atoms with Crippen LogP contribution in [0.5, 0.6) is 0 Å². The summed E-state index contributed by atoms with van der Waals surface area (Å²) >= 11 is 0. The summed E-state index contributed by atoms with van der Waals surface area (Å²) in [6.45, 7) is 2.25. The molecule has 0 aromatic heterocycles. The van der Waals surface area contributed by atoms with E-state index in [1.807, 2.05) is 0 Å². The standard InChI is InChI=1S/C18H26/c1-2-3-4-5-6-7-8-9-10-12-15-18-16-13-11-14-17-18/h6-7,10-14,16-17H,2-5,8-9,15H2,1H3. The molecule has 0 aliphatic rings. The average molecular weight is 242 g/mol. The Morgan fingerprint density at radius 1 is 0.778 bits per heavy atom. The lowest BCUT2D eigenvalue weighted by Gasteiger charge is -1.94. The van der Waals surface area contributed by atoms with Crippen molar-refractivity contribution in [1.29, 1.82) is 0 Å². The second-order valence-corrected chi connectivity index (χ2v) is 4.71. The molecule has 0 heterocycles. The van der Waals surface area contributed by atoms with Crippen LogP contribution in [0.4, 0.5) is 0 Å². The number of rotatable bonds is 9. The van der Waals surface area contributed by atoms with Gasteiger partial charge in [0, 0.05) is 0 Å². The van der Waals surface area contributed by atoms with Gasteiger partial charge in [-0.3, -0.25) is 0 Å². The Labute approximate surface area is 112 Å². The first-order valence-electron chi connectivity index (χ1n) is 7.27. The molecule has 0 nitrogen and oxygen atoms in total. The fourth-order valence-corrected chi connectivity index (χ4v) is 1.89. The molecule has 1 rings (SSSR count). The Hall–Kier alpha value is -1.30. The first kappa shape index (κ1) is 14.8. The summed E-state index contributed by atoms with van der Waals surface area (Å²) in [6.07, 6.45) is 17.9. The zero-order valence-electron chi connectivity index (χ0n) is 11.6. The minimum atomic E-state index is 1.06. The molecule has 18 heavy (non-hydrogen) atoms. The Kier molecular flexibility index (Phi) is 8.88. The van der Waals surface area contributed by atoms with Crippen molar-refractivity contribution >= 4 is 0 Å². The van der Waals surface area contributed by atoms with Crippen molar-refractivity contribution in [2.45, 2.75) is 51.9 Å². The molecule has 0 radical (unpaired) electrons. The van der Waals surface area contributed by atoms with Gasteiger partial charge >= 0.3 is 0 Å². The highest BCUT2D eigenvalue weighted by molar-refractivity contribution is 5.17. The van der Waals surface area contributed by atoms with E-state index in [4.69, 9.17) is 0 Å². The SMILES string of the molecule is CCCCCC=CCCC=CCc1ccccc1. The maximum absolute atomic E-state index is 2.33. The molecular formula is C18H26. The summed E-state index contributed by atoms with van der Waals surface area (Å²) in [5.74, 6) is 0. The van der Waals surface area contributed by atoms with E-state index in [0.29, 0.717) is 0 Å². The van der Waals surface area contributed by atoms with Crippen LogP contribution >= 0.6 is 0 Å². The van der Waals surface area contributed by atoms with E-state index in [9.17, 15) is 0 Å². The molecule has 98 valence electrons. The second kappa shape index (κ2) is 10.8. The van der Waals surface area contributed by atoms with Crippen molar-refractivity contribution in [2.75, 3.05) is 0 Å². The normalized spacial score (nSPS) is 11.6. The van der Waals surface area contributed by atoms with E-state index in [1.54, 1.807) is 0 Å². The highest BCUT2D eigenvalue weighted by Crippen LogP contribution is 2.03. The highest BCUT2D eigenvalue weighted by Gasteiger charge is 1.85. The zero-order chi connectivity index (χ0) is 12.9. The molecule has 0 amide bonds. The van der Waals surface area contributed by atoms with E-state index in [1.165, 1.54) is 37.7 Å². The monoisotopic (exact) mass is 242 g/mol. The van der Waals surface area contributed by atoms with E-state index in [0.717, 1.165) is 12.8 Å². The number of unbranched alkanes of at least 4 members (excludes halogenated alkanes) is 4. The quantitative estimate of drug-likeness (QED) is 0.385. The molecule has 0 spiro atoms. The zero-order valence-corrected chi connectivity index (χ0v) is 11.6. The molecule has 0 unspecified atom stereocenters. The van der Waals surface area contributed by atoms with Crippen LogP contribution in [0.3, 0.4) is 0 Å². The first-order valence-corrected chi connectivity index (χ1v) is 7.27. The Morgan fingerprint density at radius 2 is 1.44 bits per heavy atom.